The van der Waals surface area contributed by atoms with Crippen molar-refractivity contribution in [3.63, 3.8) is 0 Å². The highest BCUT2D eigenvalue weighted by molar-refractivity contribution is 6.02. The van der Waals surface area contributed by atoms with Crippen LogP contribution in [0.3, 0.4) is 0 Å². The van der Waals surface area contributed by atoms with Crippen LogP contribution in [-0.4, -0.2) is 5.78 Å². The second-order valence-corrected chi connectivity index (χ2v) is 8.28. The van der Waals surface area contributed by atoms with Gasteiger partial charge in [0.05, 0.1) is 0 Å². The van der Waals surface area contributed by atoms with Gasteiger partial charge in [0.1, 0.15) is 11.5 Å². The number of hydrogen-bond acceptors (Lipinski definition) is 2. The molecule has 0 aliphatic carbocycles. The molecule has 30 heavy (non-hydrogen) atoms. The summed E-state index contributed by atoms with van der Waals surface area (Å²) in [7, 11) is 0. The van der Waals surface area contributed by atoms with E-state index in [1.807, 2.05) is 24.3 Å². The zero-order chi connectivity index (χ0) is 21.7. The first kappa shape index (κ1) is 20.2. The second kappa shape index (κ2) is 7.28. The van der Waals surface area contributed by atoms with Gasteiger partial charge >= 0.3 is 0 Å². The fourth-order valence-corrected chi connectivity index (χ4v) is 4.73. The monoisotopic (exact) mass is 396 g/mol. The molecule has 0 bridgehead atoms. The summed E-state index contributed by atoms with van der Waals surface area (Å²) >= 11 is 0. The third kappa shape index (κ3) is 2.90. The summed E-state index contributed by atoms with van der Waals surface area (Å²) in [4.78, 5) is 12.5. The molecule has 0 fully saturated rings. The molecule has 0 N–H and O–H groups in total. The summed E-state index contributed by atoms with van der Waals surface area (Å²) in [6.45, 7) is 16.5. The third-order valence-electron chi connectivity index (χ3n) is 6.42. The van der Waals surface area contributed by atoms with Gasteiger partial charge in [-0.3, -0.25) is 4.79 Å². The normalized spacial score (nSPS) is 12.3. The van der Waals surface area contributed by atoms with Crippen molar-refractivity contribution in [2.45, 2.75) is 48.0 Å². The van der Waals surface area contributed by atoms with Gasteiger partial charge in [0.2, 0.25) is 0 Å². The number of carbonyl (C=O) groups is 1. The molecule has 4 rings (SSSR count). The van der Waals surface area contributed by atoms with Gasteiger partial charge in [-0.25, -0.2) is 0 Å². The smallest absolute Gasteiger partial charge is 0.160 e. The number of aryl methyl sites for hydroxylation is 2. The van der Waals surface area contributed by atoms with E-state index >= 15 is 0 Å². The number of rotatable bonds is 3. The largest absolute Gasteiger partial charge is 0.455 e. The first-order chi connectivity index (χ1) is 14.3. The molecule has 3 aromatic carbocycles. The van der Waals surface area contributed by atoms with Crippen LogP contribution in [-0.2, 0) is 6.42 Å². The van der Waals surface area contributed by atoms with Crippen LogP contribution in [0.15, 0.2) is 36.4 Å². The molecule has 1 aliphatic heterocycles. The average molecular weight is 397 g/mol. The van der Waals surface area contributed by atoms with Gasteiger partial charge < -0.3 is 4.74 Å². The molecule has 0 saturated carbocycles. The van der Waals surface area contributed by atoms with Gasteiger partial charge in [-0.2, -0.15) is 0 Å². The highest BCUT2D eigenvalue weighted by Gasteiger charge is 2.27. The molecule has 1 aliphatic rings. The maximum Gasteiger partial charge on any atom is 0.160 e. The molecule has 0 spiro atoms. The molecule has 0 saturated heterocycles. The summed E-state index contributed by atoms with van der Waals surface area (Å²) in [6.07, 6.45) is 0.952. The zero-order valence-corrected chi connectivity index (χ0v) is 18.7. The van der Waals surface area contributed by atoms with E-state index in [4.69, 9.17) is 4.74 Å². The van der Waals surface area contributed by atoms with Crippen molar-refractivity contribution in [1.82, 2.24) is 0 Å². The van der Waals surface area contributed by atoms with Crippen molar-refractivity contribution >= 4 is 17.9 Å². The maximum absolute atomic E-state index is 12.5. The fraction of sp³-hybridized carbons (Fsp3) is 0.250. The van der Waals surface area contributed by atoms with Gasteiger partial charge in [0.15, 0.2) is 5.78 Å². The number of Topliss-reactive ketones (excluding diaryl/α,β-unsaturated/α-hetero) is 1. The van der Waals surface area contributed by atoms with Gasteiger partial charge in [0, 0.05) is 21.9 Å². The van der Waals surface area contributed by atoms with E-state index in [0.29, 0.717) is 0 Å². The maximum atomic E-state index is 12.5. The summed E-state index contributed by atoms with van der Waals surface area (Å²) in [6, 6.07) is 12.3. The lowest BCUT2D eigenvalue weighted by atomic mass is 9.84. The van der Waals surface area contributed by atoms with Crippen molar-refractivity contribution in [2.24, 2.45) is 0 Å². The Bertz CT molecular complexity index is 1330. The van der Waals surface area contributed by atoms with Crippen molar-refractivity contribution in [3.05, 3.63) is 91.3 Å². The lowest BCUT2D eigenvalue weighted by molar-refractivity contribution is 0.101. The Labute approximate surface area is 178 Å². The van der Waals surface area contributed by atoms with Crippen LogP contribution < -0.4 is 15.2 Å². The fourth-order valence-electron chi connectivity index (χ4n) is 4.73. The average Bonchev–Trinajstić information content (AvgIpc) is 2.71. The molecule has 2 heteroatoms. The van der Waals surface area contributed by atoms with Crippen LogP contribution in [0.1, 0.15) is 63.1 Å². The van der Waals surface area contributed by atoms with E-state index in [2.05, 4.69) is 53.3 Å². The Morgan fingerprint density at radius 3 is 2.30 bits per heavy atom. The summed E-state index contributed by atoms with van der Waals surface area (Å²) < 4.78 is 6.58. The Morgan fingerprint density at radius 2 is 1.63 bits per heavy atom. The molecule has 0 amide bonds. The molecule has 0 radical (unpaired) electrons. The van der Waals surface area contributed by atoms with E-state index in [1.165, 1.54) is 16.7 Å². The number of carbonyl (C=O) groups excluding carboxylic acids is 1. The molecule has 0 atom stereocenters. The van der Waals surface area contributed by atoms with Gasteiger partial charge in [-0.1, -0.05) is 37.8 Å². The molecule has 0 aromatic heterocycles. The van der Waals surface area contributed by atoms with Gasteiger partial charge in [0.25, 0.3) is 0 Å². The highest BCUT2D eigenvalue weighted by atomic mass is 16.5. The minimum Gasteiger partial charge on any atom is -0.455 e. The molecule has 0 unspecified atom stereocenters. The number of ketones is 1. The van der Waals surface area contributed by atoms with E-state index in [-0.39, 0.29) is 5.78 Å². The van der Waals surface area contributed by atoms with Crippen LogP contribution in [0.2, 0.25) is 0 Å². The first-order valence-electron chi connectivity index (χ1n) is 10.5. The van der Waals surface area contributed by atoms with E-state index in [9.17, 15) is 4.79 Å². The van der Waals surface area contributed by atoms with Crippen molar-refractivity contribution in [2.75, 3.05) is 0 Å². The third-order valence-corrected chi connectivity index (χ3v) is 6.42. The number of hydrogen-bond donors (Lipinski definition) is 0. The first-order valence-corrected chi connectivity index (χ1v) is 10.5. The Morgan fingerprint density at radius 1 is 0.933 bits per heavy atom. The van der Waals surface area contributed by atoms with E-state index in [1.54, 1.807) is 6.92 Å². The van der Waals surface area contributed by atoms with Crippen LogP contribution in [0.5, 0.6) is 11.5 Å². The topological polar surface area (TPSA) is 26.3 Å². The SMILES string of the molecule is C=c1c(C)cc2c(c1C)Oc1c(cc(C)c(CC)c1C)C=2c1ccccc1C(C)=O. The van der Waals surface area contributed by atoms with Crippen molar-refractivity contribution in [1.29, 1.82) is 0 Å². The van der Waals surface area contributed by atoms with Gasteiger partial charge in [-0.05, 0) is 91.8 Å². The van der Waals surface area contributed by atoms with Crippen LogP contribution in [0.4, 0.5) is 0 Å². The number of fused-ring (bicyclic) bond motifs is 2. The Kier molecular flexibility index (Phi) is 4.89. The minimum absolute atomic E-state index is 0.0635. The van der Waals surface area contributed by atoms with Gasteiger partial charge in [-0.15, -0.1) is 0 Å². The van der Waals surface area contributed by atoms with E-state index in [0.717, 1.165) is 61.7 Å². The lowest BCUT2D eigenvalue weighted by Gasteiger charge is -2.27. The van der Waals surface area contributed by atoms with Crippen molar-refractivity contribution in [3.8, 4) is 11.5 Å². The summed E-state index contributed by atoms with van der Waals surface area (Å²) in [5, 5.41) is 2.03. The van der Waals surface area contributed by atoms with Crippen LogP contribution in [0, 0.1) is 27.7 Å². The molecule has 152 valence electrons. The quantitative estimate of drug-likeness (QED) is 0.431. The molecule has 1 heterocycles. The van der Waals surface area contributed by atoms with E-state index < -0.39 is 0 Å². The number of benzene rings is 3. The molecular weight excluding hydrogens is 368 g/mol. The lowest BCUT2D eigenvalue weighted by Crippen LogP contribution is -2.25. The second-order valence-electron chi connectivity index (χ2n) is 8.28. The van der Waals surface area contributed by atoms with Crippen LogP contribution in [0.25, 0.3) is 12.2 Å². The van der Waals surface area contributed by atoms with Crippen LogP contribution >= 0.6 is 0 Å². The highest BCUT2D eigenvalue weighted by Crippen LogP contribution is 2.42. The standard InChI is InChI=1S/C28H28O2/c1-8-21-16(3)14-25-26(23-12-10-9-11-22(23)20(7)29)24-13-15(2)17(4)18(5)27(24)30-28(25)19(21)6/h9-14H,4,8H2,1-3,5-7H3. The van der Waals surface area contributed by atoms with Crippen molar-refractivity contribution < 1.29 is 9.53 Å². The molecule has 3 aromatic rings. The number of ether oxygens (including phenoxy) is 1. The molecule has 2 nitrogen and oxygen atoms in total. The Hall–Kier alpha value is -3.13. The minimum atomic E-state index is 0.0635. The summed E-state index contributed by atoms with van der Waals surface area (Å²) in [5.41, 5.74) is 9.71. The molecular formula is C28H28O2. The Balaban J connectivity index is 2.26. The predicted molar refractivity (Wildman–Crippen MR) is 124 cm³/mol. The predicted octanol–water partition coefficient (Wildman–Crippen LogP) is 5.45. The summed E-state index contributed by atoms with van der Waals surface area (Å²) in [5.74, 6) is 1.80. The zero-order valence-electron chi connectivity index (χ0n) is 18.7.